The maximum Gasteiger partial charge on any atom is 0.264 e. The standard InChI is InChI=1S/C20H26N2O2S/c1-3-4-11-21-19(23)16-10-9-14(2)22(13-16)20(24)18-12-15-7-5-6-8-17(15)25-18/h5-8,12,14,16H,3-4,9-11,13H2,1-2H3,(H,21,23). The summed E-state index contributed by atoms with van der Waals surface area (Å²) in [6.45, 7) is 5.44. The molecule has 134 valence electrons. The van der Waals surface area contributed by atoms with E-state index in [0.717, 1.165) is 47.2 Å². The molecule has 1 aliphatic rings. The second-order valence-electron chi connectivity index (χ2n) is 6.87. The van der Waals surface area contributed by atoms with Crippen molar-refractivity contribution in [3.63, 3.8) is 0 Å². The van der Waals surface area contributed by atoms with Crippen LogP contribution < -0.4 is 5.32 Å². The molecule has 2 atom stereocenters. The molecule has 1 N–H and O–H groups in total. The van der Waals surface area contributed by atoms with Crippen molar-refractivity contribution in [3.05, 3.63) is 35.2 Å². The van der Waals surface area contributed by atoms with Crippen molar-refractivity contribution in [1.29, 1.82) is 0 Å². The minimum Gasteiger partial charge on any atom is -0.356 e. The molecule has 4 nitrogen and oxygen atoms in total. The lowest BCUT2D eigenvalue weighted by Crippen LogP contribution is -2.49. The van der Waals surface area contributed by atoms with E-state index in [1.165, 1.54) is 11.3 Å². The van der Waals surface area contributed by atoms with Gasteiger partial charge in [-0.3, -0.25) is 9.59 Å². The van der Waals surface area contributed by atoms with E-state index in [1.807, 2.05) is 35.2 Å². The number of nitrogens with zero attached hydrogens (tertiary/aromatic N) is 1. The van der Waals surface area contributed by atoms with E-state index in [1.54, 1.807) is 0 Å². The third kappa shape index (κ3) is 4.03. The average Bonchev–Trinajstić information content (AvgIpc) is 3.06. The predicted octanol–water partition coefficient (Wildman–Crippen LogP) is 4.06. The summed E-state index contributed by atoms with van der Waals surface area (Å²) >= 11 is 1.54. The lowest BCUT2D eigenvalue weighted by atomic mass is 9.92. The summed E-state index contributed by atoms with van der Waals surface area (Å²) in [4.78, 5) is 28.0. The quantitative estimate of drug-likeness (QED) is 0.820. The van der Waals surface area contributed by atoms with E-state index in [9.17, 15) is 9.59 Å². The summed E-state index contributed by atoms with van der Waals surface area (Å²) in [6.07, 6.45) is 3.80. The van der Waals surface area contributed by atoms with Crippen LogP contribution in [0.25, 0.3) is 10.1 Å². The number of piperidine rings is 1. The van der Waals surface area contributed by atoms with Gasteiger partial charge in [0.1, 0.15) is 0 Å². The SMILES string of the molecule is CCCCNC(=O)C1CCC(C)N(C(=O)c2cc3ccccc3s2)C1. The van der Waals surface area contributed by atoms with Crippen molar-refractivity contribution in [2.24, 2.45) is 5.92 Å². The molecule has 5 heteroatoms. The van der Waals surface area contributed by atoms with Crippen LogP contribution in [0.3, 0.4) is 0 Å². The zero-order valence-electron chi connectivity index (χ0n) is 15.0. The van der Waals surface area contributed by atoms with Crippen molar-refractivity contribution in [2.75, 3.05) is 13.1 Å². The van der Waals surface area contributed by atoms with Crippen LogP contribution in [-0.4, -0.2) is 35.8 Å². The fourth-order valence-electron chi connectivity index (χ4n) is 3.37. The topological polar surface area (TPSA) is 49.4 Å². The van der Waals surface area contributed by atoms with E-state index < -0.39 is 0 Å². The molecule has 0 radical (unpaired) electrons. The molecule has 0 saturated carbocycles. The maximum absolute atomic E-state index is 13.0. The number of hydrogen-bond donors (Lipinski definition) is 1. The number of likely N-dealkylation sites (tertiary alicyclic amines) is 1. The number of hydrogen-bond acceptors (Lipinski definition) is 3. The van der Waals surface area contributed by atoms with E-state index in [4.69, 9.17) is 0 Å². The van der Waals surface area contributed by atoms with Crippen LogP contribution in [0.5, 0.6) is 0 Å². The Morgan fingerprint density at radius 1 is 1.28 bits per heavy atom. The van der Waals surface area contributed by atoms with E-state index in [0.29, 0.717) is 6.54 Å². The summed E-state index contributed by atoms with van der Waals surface area (Å²) < 4.78 is 1.13. The van der Waals surface area contributed by atoms with Gasteiger partial charge in [0.2, 0.25) is 5.91 Å². The minimum absolute atomic E-state index is 0.0553. The Bertz CT molecular complexity index is 722. The van der Waals surface area contributed by atoms with Crippen molar-refractivity contribution in [2.45, 2.75) is 45.6 Å². The second kappa shape index (κ2) is 8.00. The predicted molar refractivity (Wildman–Crippen MR) is 103 cm³/mol. The monoisotopic (exact) mass is 358 g/mol. The lowest BCUT2D eigenvalue weighted by molar-refractivity contribution is -0.126. The van der Waals surface area contributed by atoms with Gasteiger partial charge in [-0.15, -0.1) is 11.3 Å². The summed E-state index contributed by atoms with van der Waals surface area (Å²) in [6, 6.07) is 10.2. The van der Waals surface area contributed by atoms with E-state index in [-0.39, 0.29) is 23.8 Å². The summed E-state index contributed by atoms with van der Waals surface area (Å²) in [5.41, 5.74) is 0. The van der Waals surface area contributed by atoms with E-state index in [2.05, 4.69) is 19.2 Å². The van der Waals surface area contributed by atoms with Crippen molar-refractivity contribution >= 4 is 33.2 Å². The lowest BCUT2D eigenvalue weighted by Gasteiger charge is -2.37. The van der Waals surface area contributed by atoms with Crippen LogP contribution in [0.4, 0.5) is 0 Å². The van der Waals surface area contributed by atoms with Crippen molar-refractivity contribution in [3.8, 4) is 0 Å². The first-order valence-corrected chi connectivity index (χ1v) is 9.99. The average molecular weight is 359 g/mol. The first-order valence-electron chi connectivity index (χ1n) is 9.17. The molecule has 1 saturated heterocycles. The molecule has 1 fully saturated rings. The van der Waals surface area contributed by atoms with Gasteiger partial charge in [-0.05, 0) is 43.7 Å². The number of fused-ring (bicyclic) bond motifs is 1. The number of carbonyl (C=O) groups is 2. The number of carbonyl (C=O) groups excluding carboxylic acids is 2. The summed E-state index contributed by atoms with van der Waals surface area (Å²) in [5, 5.41) is 4.12. The van der Waals surface area contributed by atoms with Gasteiger partial charge in [-0.1, -0.05) is 31.5 Å². The Labute approximate surface area is 153 Å². The number of unbranched alkanes of at least 4 members (excludes halogenated alkanes) is 1. The van der Waals surface area contributed by atoms with Crippen LogP contribution in [0.2, 0.25) is 0 Å². The number of thiophene rings is 1. The van der Waals surface area contributed by atoms with Gasteiger partial charge in [0, 0.05) is 23.8 Å². The highest BCUT2D eigenvalue weighted by Crippen LogP contribution is 2.29. The molecule has 25 heavy (non-hydrogen) atoms. The molecule has 0 spiro atoms. The largest absolute Gasteiger partial charge is 0.356 e. The molecule has 0 bridgehead atoms. The highest BCUT2D eigenvalue weighted by atomic mass is 32.1. The molecular weight excluding hydrogens is 332 g/mol. The fraction of sp³-hybridized carbons (Fsp3) is 0.500. The minimum atomic E-state index is -0.0913. The number of rotatable bonds is 5. The maximum atomic E-state index is 13.0. The molecule has 2 heterocycles. The molecular formula is C20H26N2O2S. The highest BCUT2D eigenvalue weighted by Gasteiger charge is 2.33. The molecule has 3 rings (SSSR count). The smallest absolute Gasteiger partial charge is 0.264 e. The number of nitrogens with one attached hydrogen (secondary N) is 1. The van der Waals surface area contributed by atoms with Gasteiger partial charge in [0.25, 0.3) is 5.91 Å². The molecule has 2 amide bonds. The van der Waals surface area contributed by atoms with Crippen LogP contribution >= 0.6 is 11.3 Å². The third-order valence-corrected chi connectivity index (χ3v) is 6.08. The Kier molecular flexibility index (Phi) is 5.74. The molecule has 2 unspecified atom stereocenters. The Hall–Kier alpha value is -1.88. The Morgan fingerprint density at radius 3 is 2.84 bits per heavy atom. The molecule has 1 aromatic heterocycles. The zero-order chi connectivity index (χ0) is 17.8. The zero-order valence-corrected chi connectivity index (χ0v) is 15.8. The second-order valence-corrected chi connectivity index (χ2v) is 7.96. The summed E-state index contributed by atoms with van der Waals surface area (Å²) in [7, 11) is 0. The van der Waals surface area contributed by atoms with Crippen LogP contribution in [0.1, 0.15) is 49.2 Å². The first-order chi connectivity index (χ1) is 12.1. The molecule has 2 aromatic rings. The van der Waals surface area contributed by atoms with Gasteiger partial charge >= 0.3 is 0 Å². The van der Waals surface area contributed by atoms with Crippen molar-refractivity contribution < 1.29 is 9.59 Å². The number of benzene rings is 1. The van der Waals surface area contributed by atoms with Gasteiger partial charge < -0.3 is 10.2 Å². The van der Waals surface area contributed by atoms with Crippen LogP contribution in [0, 0.1) is 5.92 Å². The van der Waals surface area contributed by atoms with Crippen molar-refractivity contribution in [1.82, 2.24) is 10.2 Å². The normalized spacial score (nSPS) is 20.6. The summed E-state index contributed by atoms with van der Waals surface area (Å²) in [5.74, 6) is 0.0561. The van der Waals surface area contributed by atoms with Crippen LogP contribution in [0.15, 0.2) is 30.3 Å². The molecule has 0 aliphatic carbocycles. The molecule has 1 aliphatic heterocycles. The first kappa shape index (κ1) is 17.9. The van der Waals surface area contributed by atoms with Gasteiger partial charge in [-0.2, -0.15) is 0 Å². The Morgan fingerprint density at radius 2 is 2.08 bits per heavy atom. The highest BCUT2D eigenvalue weighted by molar-refractivity contribution is 7.20. The van der Waals surface area contributed by atoms with E-state index >= 15 is 0 Å². The Balaban J connectivity index is 1.70. The van der Waals surface area contributed by atoms with Gasteiger partial charge in [0.05, 0.1) is 10.8 Å². The van der Waals surface area contributed by atoms with Gasteiger partial charge in [-0.25, -0.2) is 0 Å². The number of amides is 2. The fourth-order valence-corrected chi connectivity index (χ4v) is 4.38. The molecule has 1 aromatic carbocycles. The third-order valence-electron chi connectivity index (χ3n) is 4.98. The van der Waals surface area contributed by atoms with Gasteiger partial charge in [0.15, 0.2) is 0 Å². The van der Waals surface area contributed by atoms with Crippen LogP contribution in [-0.2, 0) is 4.79 Å².